The molecular formula is C13H12Br2N2. The summed E-state index contributed by atoms with van der Waals surface area (Å²) in [5, 5.41) is 4.64. The zero-order chi connectivity index (χ0) is 12.0. The van der Waals surface area contributed by atoms with Crippen LogP contribution in [0.2, 0.25) is 0 Å². The normalized spacial score (nSPS) is 15.2. The van der Waals surface area contributed by atoms with Gasteiger partial charge >= 0.3 is 0 Å². The van der Waals surface area contributed by atoms with Crippen LogP contribution in [-0.2, 0) is 7.05 Å². The lowest BCUT2D eigenvalue weighted by Gasteiger charge is -2.05. The summed E-state index contributed by atoms with van der Waals surface area (Å²) in [6.45, 7) is 0. The van der Waals surface area contributed by atoms with Crippen LogP contribution >= 0.6 is 31.9 Å². The van der Waals surface area contributed by atoms with Gasteiger partial charge in [-0.25, -0.2) is 0 Å². The zero-order valence-electron chi connectivity index (χ0n) is 9.45. The molecule has 0 radical (unpaired) electrons. The molecule has 0 aliphatic heterocycles. The highest BCUT2D eigenvalue weighted by molar-refractivity contribution is 9.11. The molecule has 0 N–H and O–H groups in total. The molecule has 3 rings (SSSR count). The Hall–Kier alpha value is -0.610. The van der Waals surface area contributed by atoms with Crippen LogP contribution in [0.4, 0.5) is 0 Å². The Morgan fingerprint density at radius 2 is 1.94 bits per heavy atom. The fourth-order valence-corrected chi connectivity index (χ4v) is 3.43. The van der Waals surface area contributed by atoms with Crippen molar-refractivity contribution in [2.75, 3.05) is 0 Å². The number of halogens is 2. The Bertz CT molecular complexity index is 571. The van der Waals surface area contributed by atoms with Crippen molar-refractivity contribution < 1.29 is 0 Å². The van der Waals surface area contributed by atoms with Crippen molar-refractivity contribution in [3.63, 3.8) is 0 Å². The first-order valence-corrected chi connectivity index (χ1v) is 7.24. The minimum atomic E-state index is 0.659. The zero-order valence-corrected chi connectivity index (χ0v) is 12.6. The monoisotopic (exact) mass is 354 g/mol. The molecule has 4 heteroatoms. The van der Waals surface area contributed by atoms with Gasteiger partial charge in [-0.2, -0.15) is 5.10 Å². The van der Waals surface area contributed by atoms with Gasteiger partial charge in [0.25, 0.3) is 0 Å². The predicted molar refractivity (Wildman–Crippen MR) is 76.0 cm³/mol. The quantitative estimate of drug-likeness (QED) is 0.776. The first kappa shape index (κ1) is 11.5. The van der Waals surface area contributed by atoms with Gasteiger partial charge in [0, 0.05) is 23.0 Å². The van der Waals surface area contributed by atoms with Crippen LogP contribution in [0.5, 0.6) is 0 Å². The molecule has 0 bridgehead atoms. The molecule has 1 aromatic heterocycles. The molecule has 1 fully saturated rings. The molecule has 2 aromatic rings. The lowest BCUT2D eigenvalue weighted by Crippen LogP contribution is -1.94. The average molecular weight is 356 g/mol. The fraction of sp³-hybridized carbons (Fsp3) is 0.308. The van der Waals surface area contributed by atoms with Gasteiger partial charge in [0.15, 0.2) is 0 Å². The van der Waals surface area contributed by atoms with Gasteiger partial charge in [0.1, 0.15) is 0 Å². The molecule has 0 amide bonds. The summed E-state index contributed by atoms with van der Waals surface area (Å²) in [5.74, 6) is 0.659. The Morgan fingerprint density at radius 1 is 1.24 bits per heavy atom. The number of hydrogen-bond acceptors (Lipinski definition) is 1. The Morgan fingerprint density at radius 3 is 2.59 bits per heavy atom. The van der Waals surface area contributed by atoms with Crippen molar-refractivity contribution in [3.05, 3.63) is 38.9 Å². The van der Waals surface area contributed by atoms with Gasteiger partial charge < -0.3 is 0 Å². The van der Waals surface area contributed by atoms with E-state index in [1.165, 1.54) is 24.1 Å². The molecule has 2 nitrogen and oxygen atoms in total. The topological polar surface area (TPSA) is 17.8 Å². The molecule has 1 aliphatic rings. The van der Waals surface area contributed by atoms with Crippen LogP contribution in [0.1, 0.15) is 24.5 Å². The van der Waals surface area contributed by atoms with Gasteiger partial charge in [0.2, 0.25) is 0 Å². The van der Waals surface area contributed by atoms with E-state index in [4.69, 9.17) is 0 Å². The van der Waals surface area contributed by atoms with Crippen molar-refractivity contribution in [2.24, 2.45) is 7.05 Å². The minimum Gasteiger partial charge on any atom is -0.266 e. The summed E-state index contributed by atoms with van der Waals surface area (Å²) in [6.07, 6.45) is 2.54. The van der Waals surface area contributed by atoms with Gasteiger partial charge in [-0.15, -0.1) is 0 Å². The van der Waals surface area contributed by atoms with Crippen LogP contribution in [0.3, 0.4) is 0 Å². The Labute approximate surface area is 117 Å². The highest BCUT2D eigenvalue weighted by atomic mass is 79.9. The molecule has 0 spiro atoms. The Balaban J connectivity index is 2.17. The number of hydrogen-bond donors (Lipinski definition) is 0. The summed E-state index contributed by atoms with van der Waals surface area (Å²) in [5.41, 5.74) is 3.54. The van der Waals surface area contributed by atoms with Crippen molar-refractivity contribution in [1.82, 2.24) is 9.78 Å². The predicted octanol–water partition coefficient (Wildman–Crippen LogP) is 4.49. The molecule has 1 heterocycles. The number of benzene rings is 1. The number of nitrogens with zero attached hydrogens (tertiary/aromatic N) is 2. The number of aromatic nitrogens is 2. The number of aryl methyl sites for hydroxylation is 1. The molecule has 1 aliphatic carbocycles. The average Bonchev–Trinajstić information content (AvgIpc) is 3.09. The third-order valence-corrected chi connectivity index (χ3v) is 4.58. The fourth-order valence-electron chi connectivity index (χ4n) is 2.08. The third-order valence-electron chi connectivity index (χ3n) is 3.11. The molecule has 0 saturated heterocycles. The summed E-state index contributed by atoms with van der Waals surface area (Å²) >= 11 is 7.31. The van der Waals surface area contributed by atoms with E-state index in [9.17, 15) is 0 Å². The van der Waals surface area contributed by atoms with Gasteiger partial charge in [0.05, 0.1) is 15.9 Å². The third kappa shape index (κ3) is 1.97. The maximum atomic E-state index is 4.64. The second kappa shape index (κ2) is 4.25. The van der Waals surface area contributed by atoms with Crippen molar-refractivity contribution >= 4 is 31.9 Å². The molecule has 0 atom stereocenters. The Kier molecular flexibility index (Phi) is 2.87. The highest BCUT2D eigenvalue weighted by Gasteiger charge is 2.30. The van der Waals surface area contributed by atoms with Crippen LogP contribution < -0.4 is 0 Å². The van der Waals surface area contributed by atoms with Gasteiger partial charge in [-0.3, -0.25) is 4.68 Å². The highest BCUT2D eigenvalue weighted by Crippen LogP contribution is 2.46. The largest absolute Gasteiger partial charge is 0.266 e. The van der Waals surface area contributed by atoms with Crippen LogP contribution in [-0.4, -0.2) is 9.78 Å². The minimum absolute atomic E-state index is 0.659. The molecule has 0 unspecified atom stereocenters. The van der Waals surface area contributed by atoms with E-state index in [2.05, 4.69) is 55.2 Å². The van der Waals surface area contributed by atoms with E-state index in [0.717, 1.165) is 14.6 Å². The van der Waals surface area contributed by atoms with Gasteiger partial charge in [-0.05, 0) is 34.8 Å². The maximum Gasteiger partial charge on any atom is 0.0835 e. The SMILES string of the molecule is Cn1nc(C2CC2)c(Br)c1-c1ccccc1Br. The van der Waals surface area contributed by atoms with E-state index in [1.807, 2.05) is 17.8 Å². The summed E-state index contributed by atoms with van der Waals surface area (Å²) in [7, 11) is 2.01. The van der Waals surface area contributed by atoms with E-state index < -0.39 is 0 Å². The lowest BCUT2D eigenvalue weighted by atomic mass is 10.1. The molecule has 88 valence electrons. The summed E-state index contributed by atoms with van der Waals surface area (Å²) in [4.78, 5) is 0. The smallest absolute Gasteiger partial charge is 0.0835 e. The summed E-state index contributed by atoms with van der Waals surface area (Å²) in [6, 6.07) is 8.25. The first-order valence-electron chi connectivity index (χ1n) is 5.65. The van der Waals surface area contributed by atoms with Crippen LogP contribution in [0.25, 0.3) is 11.3 Å². The van der Waals surface area contributed by atoms with E-state index in [0.29, 0.717) is 5.92 Å². The van der Waals surface area contributed by atoms with E-state index in [1.54, 1.807) is 0 Å². The van der Waals surface area contributed by atoms with E-state index in [-0.39, 0.29) is 0 Å². The van der Waals surface area contributed by atoms with E-state index >= 15 is 0 Å². The molecule has 17 heavy (non-hydrogen) atoms. The van der Waals surface area contributed by atoms with Crippen molar-refractivity contribution in [1.29, 1.82) is 0 Å². The standard InChI is InChI=1S/C13H12Br2N2/c1-17-13(9-4-2-3-5-10(9)14)11(15)12(16-17)8-6-7-8/h2-5,8H,6-7H2,1H3. The molecular weight excluding hydrogens is 344 g/mol. The molecule has 1 aromatic carbocycles. The lowest BCUT2D eigenvalue weighted by molar-refractivity contribution is 0.750. The van der Waals surface area contributed by atoms with Crippen LogP contribution in [0.15, 0.2) is 33.2 Å². The summed E-state index contributed by atoms with van der Waals surface area (Å²) < 4.78 is 4.22. The van der Waals surface area contributed by atoms with Crippen molar-refractivity contribution in [3.8, 4) is 11.3 Å². The maximum absolute atomic E-state index is 4.64. The number of rotatable bonds is 2. The van der Waals surface area contributed by atoms with Crippen molar-refractivity contribution in [2.45, 2.75) is 18.8 Å². The van der Waals surface area contributed by atoms with Crippen LogP contribution in [0, 0.1) is 0 Å². The first-order chi connectivity index (χ1) is 8.18. The van der Waals surface area contributed by atoms with Gasteiger partial charge in [-0.1, -0.05) is 34.1 Å². The molecule has 1 saturated carbocycles. The second-order valence-electron chi connectivity index (χ2n) is 4.43. The second-order valence-corrected chi connectivity index (χ2v) is 6.07.